The highest BCUT2D eigenvalue weighted by Gasteiger charge is 2.26. The molecule has 168 valence electrons. The van der Waals surface area contributed by atoms with Crippen LogP contribution in [-0.2, 0) is 19.0 Å². The standard InChI is InChI=1S/C25H31NO4.CH4/c27-24(29-23-13-17-28-18-14-23)19-26-15-11-22(12-16-26)30-25(20-7-3-1-4-8-20)21-9-5-2-6-10-21;/h1-10,22-23,25H,11-19H2;1H4. The molecule has 0 unspecified atom stereocenters. The summed E-state index contributed by atoms with van der Waals surface area (Å²) in [7, 11) is 0. The molecular weight excluding hydrogens is 390 g/mol. The molecule has 31 heavy (non-hydrogen) atoms. The van der Waals surface area contributed by atoms with Gasteiger partial charge >= 0.3 is 5.97 Å². The number of likely N-dealkylation sites (tertiary alicyclic amines) is 1. The van der Waals surface area contributed by atoms with Gasteiger partial charge in [0.25, 0.3) is 0 Å². The van der Waals surface area contributed by atoms with Crippen molar-refractivity contribution < 1.29 is 19.0 Å². The first-order valence-electron chi connectivity index (χ1n) is 11.0. The molecule has 0 spiro atoms. The first-order chi connectivity index (χ1) is 14.8. The molecule has 0 aliphatic carbocycles. The van der Waals surface area contributed by atoms with E-state index in [0.29, 0.717) is 19.8 Å². The van der Waals surface area contributed by atoms with E-state index < -0.39 is 0 Å². The normalized spacial score (nSPS) is 18.5. The fourth-order valence-electron chi connectivity index (χ4n) is 4.20. The van der Waals surface area contributed by atoms with Crippen molar-refractivity contribution in [3.63, 3.8) is 0 Å². The Balaban J connectivity index is 0.00000272. The third-order valence-corrected chi connectivity index (χ3v) is 5.89. The number of ether oxygens (including phenoxy) is 3. The number of hydrogen-bond donors (Lipinski definition) is 0. The van der Waals surface area contributed by atoms with Crippen LogP contribution in [0.25, 0.3) is 0 Å². The second-order valence-electron chi connectivity index (χ2n) is 8.11. The fourth-order valence-corrected chi connectivity index (χ4v) is 4.20. The topological polar surface area (TPSA) is 48.0 Å². The maximum absolute atomic E-state index is 12.3. The highest BCUT2D eigenvalue weighted by molar-refractivity contribution is 5.71. The van der Waals surface area contributed by atoms with Gasteiger partial charge in [0.05, 0.1) is 25.9 Å². The van der Waals surface area contributed by atoms with E-state index in [1.54, 1.807) is 0 Å². The molecule has 2 saturated heterocycles. The van der Waals surface area contributed by atoms with E-state index in [1.807, 2.05) is 12.1 Å². The molecule has 0 bridgehead atoms. The average molecular weight is 426 g/mol. The van der Waals surface area contributed by atoms with Gasteiger partial charge in [0.2, 0.25) is 0 Å². The SMILES string of the molecule is C.O=C(CN1CCC(OC(c2ccccc2)c2ccccc2)CC1)OC1CCOCC1. The summed E-state index contributed by atoms with van der Waals surface area (Å²) in [5.74, 6) is -0.118. The van der Waals surface area contributed by atoms with Crippen LogP contribution in [-0.4, -0.2) is 55.9 Å². The van der Waals surface area contributed by atoms with Gasteiger partial charge in [-0.15, -0.1) is 0 Å². The second kappa shape index (κ2) is 12.0. The predicted octanol–water partition coefficient (Wildman–Crippen LogP) is 4.62. The average Bonchev–Trinajstić information content (AvgIpc) is 2.80. The van der Waals surface area contributed by atoms with Crippen LogP contribution in [0.1, 0.15) is 50.3 Å². The maximum Gasteiger partial charge on any atom is 0.320 e. The van der Waals surface area contributed by atoms with Gasteiger partial charge in [-0.05, 0) is 24.0 Å². The fraction of sp³-hybridized carbons (Fsp3) is 0.500. The van der Waals surface area contributed by atoms with Crippen LogP contribution in [0.4, 0.5) is 0 Å². The summed E-state index contributed by atoms with van der Waals surface area (Å²) in [5.41, 5.74) is 2.34. The van der Waals surface area contributed by atoms with Crippen LogP contribution < -0.4 is 0 Å². The van der Waals surface area contributed by atoms with Crippen LogP contribution >= 0.6 is 0 Å². The highest BCUT2D eigenvalue weighted by Crippen LogP contribution is 2.30. The molecule has 0 N–H and O–H groups in total. The summed E-state index contributed by atoms with van der Waals surface area (Å²) in [6, 6.07) is 20.8. The molecule has 2 heterocycles. The lowest BCUT2D eigenvalue weighted by molar-refractivity contribution is -0.155. The third kappa shape index (κ3) is 6.89. The molecule has 0 atom stereocenters. The molecule has 2 fully saturated rings. The lowest BCUT2D eigenvalue weighted by Crippen LogP contribution is -2.41. The molecule has 2 aromatic rings. The van der Waals surface area contributed by atoms with Crippen molar-refractivity contribution in [2.45, 2.75) is 51.4 Å². The minimum Gasteiger partial charge on any atom is -0.461 e. The molecule has 2 aromatic carbocycles. The molecule has 0 saturated carbocycles. The van der Waals surface area contributed by atoms with E-state index in [4.69, 9.17) is 14.2 Å². The van der Waals surface area contributed by atoms with Gasteiger partial charge < -0.3 is 14.2 Å². The Morgan fingerprint density at radius 1 is 0.871 bits per heavy atom. The van der Waals surface area contributed by atoms with Gasteiger partial charge in [0, 0.05) is 25.9 Å². The van der Waals surface area contributed by atoms with Gasteiger partial charge in [0.1, 0.15) is 12.2 Å². The maximum atomic E-state index is 12.3. The van der Waals surface area contributed by atoms with Crippen molar-refractivity contribution in [3.05, 3.63) is 71.8 Å². The number of benzene rings is 2. The molecule has 4 rings (SSSR count). The number of rotatable bonds is 7. The number of carbonyl (C=O) groups is 1. The Kier molecular flexibility index (Phi) is 9.07. The quantitative estimate of drug-likeness (QED) is 0.606. The van der Waals surface area contributed by atoms with E-state index in [9.17, 15) is 4.79 Å². The molecule has 2 aliphatic rings. The van der Waals surface area contributed by atoms with Crippen molar-refractivity contribution in [1.29, 1.82) is 0 Å². The van der Waals surface area contributed by atoms with E-state index in [0.717, 1.165) is 38.8 Å². The largest absolute Gasteiger partial charge is 0.461 e. The molecule has 0 aromatic heterocycles. The molecule has 2 aliphatic heterocycles. The van der Waals surface area contributed by atoms with Crippen LogP contribution in [0.5, 0.6) is 0 Å². The Hall–Kier alpha value is -2.21. The van der Waals surface area contributed by atoms with Gasteiger partial charge in [0.15, 0.2) is 0 Å². The monoisotopic (exact) mass is 425 g/mol. The molecule has 5 nitrogen and oxygen atoms in total. The minimum absolute atomic E-state index is 0. The Morgan fingerprint density at radius 3 is 1.97 bits per heavy atom. The summed E-state index contributed by atoms with van der Waals surface area (Å²) in [6.45, 7) is 3.44. The van der Waals surface area contributed by atoms with Crippen molar-refractivity contribution in [1.82, 2.24) is 4.90 Å². The second-order valence-corrected chi connectivity index (χ2v) is 8.11. The van der Waals surface area contributed by atoms with Crippen LogP contribution in [0.15, 0.2) is 60.7 Å². The van der Waals surface area contributed by atoms with Crippen LogP contribution in [0.2, 0.25) is 0 Å². The molecule has 0 amide bonds. The zero-order valence-electron chi connectivity index (χ0n) is 17.4. The van der Waals surface area contributed by atoms with E-state index >= 15 is 0 Å². The van der Waals surface area contributed by atoms with Gasteiger partial charge in [-0.2, -0.15) is 0 Å². The summed E-state index contributed by atoms with van der Waals surface area (Å²) in [4.78, 5) is 14.5. The van der Waals surface area contributed by atoms with Crippen LogP contribution in [0.3, 0.4) is 0 Å². The zero-order chi connectivity index (χ0) is 20.6. The predicted molar refractivity (Wildman–Crippen MR) is 122 cm³/mol. The molecular formula is C26H35NO4. The highest BCUT2D eigenvalue weighted by atomic mass is 16.6. The minimum atomic E-state index is -0.118. The van der Waals surface area contributed by atoms with Crippen LogP contribution in [0, 0.1) is 0 Å². The number of carbonyl (C=O) groups excluding carboxylic acids is 1. The molecule has 5 heteroatoms. The van der Waals surface area contributed by atoms with E-state index in [-0.39, 0.29) is 31.7 Å². The Bertz CT molecular complexity index is 729. The number of nitrogens with zero attached hydrogens (tertiary/aromatic N) is 1. The first kappa shape index (κ1) is 23.5. The Morgan fingerprint density at radius 2 is 1.42 bits per heavy atom. The lowest BCUT2D eigenvalue weighted by atomic mass is 10.00. The first-order valence-corrected chi connectivity index (χ1v) is 11.0. The van der Waals surface area contributed by atoms with Crippen molar-refractivity contribution in [2.75, 3.05) is 32.8 Å². The summed E-state index contributed by atoms with van der Waals surface area (Å²) in [6.07, 6.45) is 3.58. The zero-order valence-corrected chi connectivity index (χ0v) is 17.4. The summed E-state index contributed by atoms with van der Waals surface area (Å²) >= 11 is 0. The third-order valence-electron chi connectivity index (χ3n) is 5.89. The van der Waals surface area contributed by atoms with E-state index in [1.165, 1.54) is 11.1 Å². The summed E-state index contributed by atoms with van der Waals surface area (Å²) in [5, 5.41) is 0. The van der Waals surface area contributed by atoms with Crippen molar-refractivity contribution >= 4 is 5.97 Å². The number of hydrogen-bond acceptors (Lipinski definition) is 5. The van der Waals surface area contributed by atoms with Crippen molar-refractivity contribution in [2.24, 2.45) is 0 Å². The van der Waals surface area contributed by atoms with Gasteiger partial charge in [-0.1, -0.05) is 68.1 Å². The molecule has 0 radical (unpaired) electrons. The lowest BCUT2D eigenvalue weighted by Gasteiger charge is -2.34. The van der Waals surface area contributed by atoms with Gasteiger partial charge in [-0.25, -0.2) is 0 Å². The van der Waals surface area contributed by atoms with Crippen molar-refractivity contribution in [3.8, 4) is 0 Å². The smallest absolute Gasteiger partial charge is 0.320 e. The number of esters is 1. The Labute approximate surface area is 186 Å². The number of piperidine rings is 1. The van der Waals surface area contributed by atoms with E-state index in [2.05, 4.69) is 53.4 Å². The summed E-state index contributed by atoms with van der Waals surface area (Å²) < 4.78 is 17.5. The van der Waals surface area contributed by atoms with Gasteiger partial charge in [-0.3, -0.25) is 9.69 Å².